The van der Waals surface area contributed by atoms with E-state index in [4.69, 9.17) is 4.74 Å². The summed E-state index contributed by atoms with van der Waals surface area (Å²) in [6, 6.07) is 19.5. The highest BCUT2D eigenvalue weighted by molar-refractivity contribution is 5.91. The van der Waals surface area contributed by atoms with Gasteiger partial charge in [0.05, 0.1) is 23.5 Å². The van der Waals surface area contributed by atoms with Crippen LogP contribution in [-0.2, 0) is 0 Å². The van der Waals surface area contributed by atoms with Crippen LogP contribution in [0.1, 0.15) is 6.92 Å². The van der Waals surface area contributed by atoms with Gasteiger partial charge < -0.3 is 15.4 Å². The molecule has 0 bridgehead atoms. The molecule has 4 rings (SSSR count). The topological polar surface area (TPSA) is 72.0 Å². The van der Waals surface area contributed by atoms with E-state index in [2.05, 4.69) is 25.6 Å². The van der Waals surface area contributed by atoms with Gasteiger partial charge in [0.15, 0.2) is 0 Å². The fourth-order valence-electron chi connectivity index (χ4n) is 2.80. The Balaban J connectivity index is 1.60. The Morgan fingerprint density at radius 1 is 0.815 bits per heavy atom. The second-order valence-electron chi connectivity index (χ2n) is 5.83. The van der Waals surface area contributed by atoms with Crippen LogP contribution in [0.15, 0.2) is 73.1 Å². The Kier molecular flexibility index (Phi) is 4.78. The van der Waals surface area contributed by atoms with Crippen LogP contribution >= 0.6 is 0 Å². The first-order valence-electron chi connectivity index (χ1n) is 8.76. The van der Waals surface area contributed by atoms with Crippen molar-refractivity contribution < 1.29 is 4.74 Å². The average Bonchev–Trinajstić information content (AvgIpc) is 2.70. The summed E-state index contributed by atoms with van der Waals surface area (Å²) in [4.78, 5) is 13.3. The third-order valence-corrected chi connectivity index (χ3v) is 3.98. The van der Waals surface area contributed by atoms with E-state index in [9.17, 15) is 0 Å². The van der Waals surface area contributed by atoms with Gasteiger partial charge in [-0.15, -0.1) is 0 Å². The van der Waals surface area contributed by atoms with E-state index in [1.807, 2.05) is 67.6 Å². The Labute approximate surface area is 157 Å². The van der Waals surface area contributed by atoms with Gasteiger partial charge in [-0.05, 0) is 37.3 Å². The van der Waals surface area contributed by atoms with Gasteiger partial charge in [0.25, 0.3) is 0 Å². The van der Waals surface area contributed by atoms with Crippen LogP contribution in [0.4, 0.5) is 23.1 Å². The normalized spacial score (nSPS) is 10.6. The van der Waals surface area contributed by atoms with E-state index in [1.54, 1.807) is 12.4 Å². The van der Waals surface area contributed by atoms with Crippen molar-refractivity contribution >= 4 is 34.0 Å². The van der Waals surface area contributed by atoms with Crippen molar-refractivity contribution in [2.24, 2.45) is 0 Å². The standard InChI is InChI=1S/C21H19N5O/c1-2-27-18-11-4-3-9-16(18)25-21-23-14-12-19(26-21)24-17-10-5-7-15-8-6-13-22-20(15)17/h3-14H,2H2,1H3,(H2,23,24,25,26). The molecule has 0 aliphatic heterocycles. The van der Waals surface area contributed by atoms with Crippen LogP contribution in [0, 0.1) is 0 Å². The summed E-state index contributed by atoms with van der Waals surface area (Å²) < 4.78 is 5.64. The number of anilines is 4. The summed E-state index contributed by atoms with van der Waals surface area (Å²) in [5.74, 6) is 1.93. The molecule has 2 N–H and O–H groups in total. The Morgan fingerprint density at radius 3 is 2.59 bits per heavy atom. The molecule has 6 nitrogen and oxygen atoms in total. The van der Waals surface area contributed by atoms with Crippen LogP contribution in [0.5, 0.6) is 5.75 Å². The van der Waals surface area contributed by atoms with Gasteiger partial charge in [0.1, 0.15) is 11.6 Å². The Hall–Kier alpha value is -3.67. The monoisotopic (exact) mass is 357 g/mol. The van der Waals surface area contributed by atoms with Gasteiger partial charge in [-0.25, -0.2) is 4.98 Å². The van der Waals surface area contributed by atoms with Crippen LogP contribution in [0.2, 0.25) is 0 Å². The molecule has 0 fully saturated rings. The predicted molar refractivity (Wildman–Crippen MR) is 108 cm³/mol. The molecule has 0 saturated heterocycles. The van der Waals surface area contributed by atoms with Gasteiger partial charge in [0.2, 0.25) is 5.95 Å². The van der Waals surface area contributed by atoms with E-state index < -0.39 is 0 Å². The number of nitrogens with one attached hydrogen (secondary N) is 2. The molecule has 0 saturated carbocycles. The number of rotatable bonds is 6. The van der Waals surface area contributed by atoms with Crippen molar-refractivity contribution in [1.82, 2.24) is 15.0 Å². The summed E-state index contributed by atoms with van der Waals surface area (Å²) in [5.41, 5.74) is 2.62. The van der Waals surface area contributed by atoms with Crippen LogP contribution in [-0.4, -0.2) is 21.6 Å². The smallest absolute Gasteiger partial charge is 0.229 e. The van der Waals surface area contributed by atoms with Gasteiger partial charge in [-0.2, -0.15) is 4.98 Å². The van der Waals surface area contributed by atoms with Gasteiger partial charge >= 0.3 is 0 Å². The largest absolute Gasteiger partial charge is 0.492 e. The fraction of sp³-hybridized carbons (Fsp3) is 0.0952. The van der Waals surface area contributed by atoms with Crippen molar-refractivity contribution in [2.75, 3.05) is 17.2 Å². The second kappa shape index (κ2) is 7.70. The van der Waals surface area contributed by atoms with E-state index in [0.29, 0.717) is 18.4 Å². The predicted octanol–water partition coefficient (Wildman–Crippen LogP) is 4.91. The highest BCUT2D eigenvalue weighted by Crippen LogP contribution is 2.27. The summed E-state index contributed by atoms with van der Waals surface area (Å²) in [7, 11) is 0. The number of aromatic nitrogens is 3. The van der Waals surface area contributed by atoms with Crippen LogP contribution < -0.4 is 15.4 Å². The SMILES string of the molecule is CCOc1ccccc1Nc1nccc(Nc2cccc3cccnc23)n1. The lowest BCUT2D eigenvalue weighted by Gasteiger charge is -2.12. The van der Waals surface area contributed by atoms with Gasteiger partial charge in [0, 0.05) is 17.8 Å². The van der Waals surface area contributed by atoms with E-state index in [-0.39, 0.29) is 0 Å². The quantitative estimate of drug-likeness (QED) is 0.511. The minimum atomic E-state index is 0.486. The number of benzene rings is 2. The molecule has 2 aromatic heterocycles. The average molecular weight is 357 g/mol. The lowest BCUT2D eigenvalue weighted by Crippen LogP contribution is -2.02. The lowest BCUT2D eigenvalue weighted by molar-refractivity contribution is 0.342. The molecular weight excluding hydrogens is 338 g/mol. The minimum absolute atomic E-state index is 0.486. The number of pyridine rings is 1. The molecule has 2 aromatic carbocycles. The first-order chi connectivity index (χ1) is 13.3. The van der Waals surface area contributed by atoms with Crippen LogP contribution in [0.3, 0.4) is 0 Å². The molecule has 6 heteroatoms. The molecule has 27 heavy (non-hydrogen) atoms. The molecule has 0 radical (unpaired) electrons. The highest BCUT2D eigenvalue weighted by atomic mass is 16.5. The number of nitrogens with zero attached hydrogens (tertiary/aromatic N) is 3. The Bertz CT molecular complexity index is 1060. The van der Waals surface area contributed by atoms with Crippen LogP contribution in [0.25, 0.3) is 10.9 Å². The number of para-hydroxylation sites is 3. The molecule has 0 aliphatic rings. The van der Waals surface area contributed by atoms with E-state index in [1.165, 1.54) is 0 Å². The number of hydrogen-bond acceptors (Lipinski definition) is 6. The van der Waals surface area contributed by atoms with Crippen molar-refractivity contribution in [1.29, 1.82) is 0 Å². The van der Waals surface area contributed by atoms with Crippen molar-refractivity contribution in [3.8, 4) is 5.75 Å². The summed E-state index contributed by atoms with van der Waals surface area (Å²) >= 11 is 0. The zero-order valence-corrected chi connectivity index (χ0v) is 14.9. The third-order valence-electron chi connectivity index (χ3n) is 3.98. The third kappa shape index (κ3) is 3.79. The molecule has 0 unspecified atom stereocenters. The molecular formula is C21H19N5O. The Morgan fingerprint density at radius 2 is 1.67 bits per heavy atom. The van der Waals surface area contributed by atoms with Crippen molar-refractivity contribution in [3.63, 3.8) is 0 Å². The van der Waals surface area contributed by atoms with Gasteiger partial charge in [-0.1, -0.05) is 30.3 Å². The van der Waals surface area contributed by atoms with Crippen molar-refractivity contribution in [3.05, 3.63) is 73.1 Å². The zero-order chi connectivity index (χ0) is 18.5. The highest BCUT2D eigenvalue weighted by Gasteiger charge is 2.07. The number of ether oxygens (including phenoxy) is 1. The zero-order valence-electron chi connectivity index (χ0n) is 14.9. The first kappa shape index (κ1) is 16.8. The summed E-state index contributed by atoms with van der Waals surface area (Å²) in [6.07, 6.45) is 3.49. The minimum Gasteiger partial charge on any atom is -0.492 e. The van der Waals surface area contributed by atoms with Gasteiger partial charge in [-0.3, -0.25) is 4.98 Å². The second-order valence-corrected chi connectivity index (χ2v) is 5.83. The summed E-state index contributed by atoms with van der Waals surface area (Å²) in [5, 5.41) is 7.62. The summed E-state index contributed by atoms with van der Waals surface area (Å²) in [6.45, 7) is 2.55. The molecule has 134 valence electrons. The number of hydrogen-bond donors (Lipinski definition) is 2. The maximum Gasteiger partial charge on any atom is 0.229 e. The fourth-order valence-corrected chi connectivity index (χ4v) is 2.80. The molecule has 0 spiro atoms. The van der Waals surface area contributed by atoms with E-state index in [0.717, 1.165) is 28.0 Å². The molecule has 2 heterocycles. The number of fused-ring (bicyclic) bond motifs is 1. The van der Waals surface area contributed by atoms with Crippen molar-refractivity contribution in [2.45, 2.75) is 6.92 Å². The maximum absolute atomic E-state index is 5.64. The first-order valence-corrected chi connectivity index (χ1v) is 8.76. The molecule has 4 aromatic rings. The molecule has 0 atom stereocenters. The lowest BCUT2D eigenvalue weighted by atomic mass is 10.2. The van der Waals surface area contributed by atoms with E-state index >= 15 is 0 Å². The molecule has 0 aliphatic carbocycles. The maximum atomic E-state index is 5.64. The molecule has 0 amide bonds.